The first-order valence-electron chi connectivity index (χ1n) is 5.54. The third kappa shape index (κ3) is 1.77. The fraction of sp³-hybridized carbons (Fsp3) is 0.417. The molecular weight excluding hydrogens is 254 g/mol. The topological polar surface area (TPSA) is 74.7 Å². The summed E-state index contributed by atoms with van der Waals surface area (Å²) in [7, 11) is -2.09. The van der Waals surface area contributed by atoms with Gasteiger partial charge in [0.2, 0.25) is 0 Å². The zero-order valence-corrected chi connectivity index (χ0v) is 11.3. The van der Waals surface area contributed by atoms with E-state index in [1.54, 1.807) is 24.9 Å². The van der Waals surface area contributed by atoms with E-state index in [9.17, 15) is 13.2 Å². The Bertz CT molecular complexity index is 621. The Balaban J connectivity index is 2.76. The van der Waals surface area contributed by atoms with E-state index in [0.717, 1.165) is 11.1 Å². The number of sulfone groups is 1. The van der Waals surface area contributed by atoms with Crippen molar-refractivity contribution in [3.63, 3.8) is 0 Å². The highest BCUT2D eigenvalue weighted by molar-refractivity contribution is 7.93. The minimum atomic E-state index is -3.80. The second-order valence-corrected chi connectivity index (χ2v) is 6.78. The number of hydrogen-bond acceptors (Lipinski definition) is 4. The standard InChI is InChI=1S/C12H15NO4S/c1-7-4-8(2)11-9(5-7)18(16,17)10(12(14)15)6-13(11)3/h4-5,10H,6H2,1-3H3,(H,14,15). The van der Waals surface area contributed by atoms with Gasteiger partial charge in [0, 0.05) is 13.6 Å². The minimum absolute atomic E-state index is 0.0193. The SMILES string of the molecule is Cc1cc(C)c2c(c1)S(=O)(=O)C(C(=O)O)CN2C. The van der Waals surface area contributed by atoms with Crippen LogP contribution in [0.1, 0.15) is 11.1 Å². The lowest BCUT2D eigenvalue weighted by Gasteiger charge is -2.32. The Labute approximate surface area is 106 Å². The van der Waals surface area contributed by atoms with Gasteiger partial charge in [-0.1, -0.05) is 6.07 Å². The highest BCUT2D eigenvalue weighted by atomic mass is 32.2. The van der Waals surface area contributed by atoms with Gasteiger partial charge in [-0.25, -0.2) is 8.42 Å². The molecule has 1 aromatic carbocycles. The molecule has 1 aliphatic rings. The van der Waals surface area contributed by atoms with Gasteiger partial charge in [0.15, 0.2) is 15.1 Å². The summed E-state index contributed by atoms with van der Waals surface area (Å²) in [4.78, 5) is 12.9. The molecule has 1 aliphatic heterocycles. The number of aryl methyl sites for hydroxylation is 2. The Morgan fingerprint density at radius 3 is 2.56 bits per heavy atom. The van der Waals surface area contributed by atoms with Crippen LogP contribution >= 0.6 is 0 Å². The summed E-state index contributed by atoms with van der Waals surface area (Å²) in [6, 6.07) is 3.44. The van der Waals surface area contributed by atoms with Gasteiger partial charge in [-0.2, -0.15) is 0 Å². The van der Waals surface area contributed by atoms with Crippen LogP contribution in [0.3, 0.4) is 0 Å². The Hall–Kier alpha value is -1.56. The molecule has 1 aromatic rings. The van der Waals surface area contributed by atoms with Crippen molar-refractivity contribution in [2.75, 3.05) is 18.5 Å². The first kappa shape index (κ1) is 12.9. The molecule has 1 heterocycles. The smallest absolute Gasteiger partial charge is 0.324 e. The maximum atomic E-state index is 12.3. The molecule has 1 N–H and O–H groups in total. The molecule has 0 spiro atoms. The zero-order chi connectivity index (χ0) is 13.7. The number of fused-ring (bicyclic) bond motifs is 1. The van der Waals surface area contributed by atoms with Crippen LogP contribution in [0.5, 0.6) is 0 Å². The van der Waals surface area contributed by atoms with Crippen molar-refractivity contribution < 1.29 is 18.3 Å². The summed E-state index contributed by atoms with van der Waals surface area (Å²) in [5.41, 5.74) is 2.27. The van der Waals surface area contributed by atoms with E-state index in [4.69, 9.17) is 5.11 Å². The Kier molecular flexibility index (Phi) is 2.85. The molecule has 1 unspecified atom stereocenters. The number of nitrogens with zero attached hydrogens (tertiary/aromatic N) is 1. The van der Waals surface area contributed by atoms with Crippen molar-refractivity contribution in [1.82, 2.24) is 0 Å². The van der Waals surface area contributed by atoms with Crippen LogP contribution in [-0.2, 0) is 14.6 Å². The maximum Gasteiger partial charge on any atom is 0.324 e. The Morgan fingerprint density at radius 2 is 2.00 bits per heavy atom. The van der Waals surface area contributed by atoms with Crippen molar-refractivity contribution in [1.29, 1.82) is 0 Å². The summed E-state index contributed by atoms with van der Waals surface area (Å²) in [6.45, 7) is 3.61. The molecule has 18 heavy (non-hydrogen) atoms. The molecule has 0 amide bonds. The van der Waals surface area contributed by atoms with E-state index in [1.807, 2.05) is 13.0 Å². The van der Waals surface area contributed by atoms with E-state index >= 15 is 0 Å². The molecule has 0 aliphatic carbocycles. The highest BCUT2D eigenvalue weighted by Crippen LogP contribution is 2.36. The van der Waals surface area contributed by atoms with Crippen LogP contribution in [0.25, 0.3) is 0 Å². The number of aliphatic carboxylic acids is 1. The van der Waals surface area contributed by atoms with Gasteiger partial charge in [-0.3, -0.25) is 4.79 Å². The highest BCUT2D eigenvalue weighted by Gasteiger charge is 2.41. The average molecular weight is 269 g/mol. The summed E-state index contributed by atoms with van der Waals surface area (Å²) in [5.74, 6) is -1.30. The number of hydrogen-bond donors (Lipinski definition) is 1. The molecule has 0 fully saturated rings. The predicted octanol–water partition coefficient (Wildman–Crippen LogP) is 0.980. The monoisotopic (exact) mass is 269 g/mol. The van der Waals surface area contributed by atoms with E-state index in [0.29, 0.717) is 5.69 Å². The quantitative estimate of drug-likeness (QED) is 0.822. The maximum absolute atomic E-state index is 12.3. The number of carbonyl (C=O) groups is 1. The predicted molar refractivity (Wildman–Crippen MR) is 67.8 cm³/mol. The second-order valence-electron chi connectivity index (χ2n) is 4.68. The summed E-state index contributed by atoms with van der Waals surface area (Å²) >= 11 is 0. The molecule has 98 valence electrons. The lowest BCUT2D eigenvalue weighted by Crippen LogP contribution is -2.45. The fourth-order valence-electron chi connectivity index (χ4n) is 2.43. The van der Waals surface area contributed by atoms with Gasteiger partial charge in [0.05, 0.1) is 10.6 Å². The third-order valence-corrected chi connectivity index (χ3v) is 5.21. The van der Waals surface area contributed by atoms with Crippen LogP contribution in [0, 0.1) is 13.8 Å². The van der Waals surface area contributed by atoms with Gasteiger partial charge in [0.25, 0.3) is 0 Å². The summed E-state index contributed by atoms with van der Waals surface area (Å²) in [5, 5.41) is 7.66. The van der Waals surface area contributed by atoms with Crippen molar-refractivity contribution in [3.05, 3.63) is 23.3 Å². The molecule has 0 radical (unpaired) electrons. The van der Waals surface area contributed by atoms with Crippen LogP contribution in [-0.4, -0.2) is 38.3 Å². The van der Waals surface area contributed by atoms with Crippen molar-refractivity contribution in [2.45, 2.75) is 24.0 Å². The zero-order valence-electron chi connectivity index (χ0n) is 10.5. The lowest BCUT2D eigenvalue weighted by molar-refractivity contribution is -0.136. The van der Waals surface area contributed by atoms with Crippen LogP contribution in [0.15, 0.2) is 17.0 Å². The van der Waals surface area contributed by atoms with Crippen LogP contribution < -0.4 is 4.90 Å². The van der Waals surface area contributed by atoms with Crippen molar-refractivity contribution >= 4 is 21.5 Å². The molecule has 2 rings (SSSR count). The van der Waals surface area contributed by atoms with Crippen molar-refractivity contribution in [3.8, 4) is 0 Å². The van der Waals surface area contributed by atoms with Gasteiger partial charge in [-0.15, -0.1) is 0 Å². The molecule has 0 bridgehead atoms. The van der Waals surface area contributed by atoms with E-state index in [1.165, 1.54) is 0 Å². The third-order valence-electron chi connectivity index (χ3n) is 3.19. The number of anilines is 1. The molecule has 0 aromatic heterocycles. The first-order chi connectivity index (χ1) is 8.25. The number of carboxylic acids is 1. The number of benzene rings is 1. The number of rotatable bonds is 1. The average Bonchev–Trinajstić information content (AvgIpc) is 2.22. The summed E-state index contributed by atoms with van der Waals surface area (Å²) < 4.78 is 24.6. The van der Waals surface area contributed by atoms with Gasteiger partial charge in [-0.05, 0) is 31.0 Å². The van der Waals surface area contributed by atoms with Crippen LogP contribution in [0.4, 0.5) is 5.69 Å². The first-order valence-corrected chi connectivity index (χ1v) is 7.09. The largest absolute Gasteiger partial charge is 0.480 e. The lowest BCUT2D eigenvalue weighted by atomic mass is 10.1. The van der Waals surface area contributed by atoms with Crippen molar-refractivity contribution in [2.24, 2.45) is 0 Å². The second kappa shape index (κ2) is 3.98. The molecule has 6 heteroatoms. The van der Waals surface area contributed by atoms with Gasteiger partial charge < -0.3 is 10.0 Å². The number of carboxylic acid groups (broad SMARTS) is 1. The van der Waals surface area contributed by atoms with Crippen LogP contribution in [0.2, 0.25) is 0 Å². The minimum Gasteiger partial charge on any atom is -0.480 e. The Morgan fingerprint density at radius 1 is 1.39 bits per heavy atom. The van der Waals surface area contributed by atoms with E-state index < -0.39 is 21.1 Å². The van der Waals surface area contributed by atoms with E-state index in [-0.39, 0.29) is 11.4 Å². The molecule has 0 saturated carbocycles. The molecular formula is C12H15NO4S. The molecule has 0 saturated heterocycles. The van der Waals surface area contributed by atoms with E-state index in [2.05, 4.69) is 0 Å². The molecule has 1 atom stereocenters. The molecule has 5 nitrogen and oxygen atoms in total. The summed E-state index contributed by atoms with van der Waals surface area (Å²) in [6.07, 6.45) is 0. The van der Waals surface area contributed by atoms with Gasteiger partial charge in [0.1, 0.15) is 0 Å². The fourth-order valence-corrected chi connectivity index (χ4v) is 4.36. The normalized spacial score (nSPS) is 21.5. The van der Waals surface area contributed by atoms with Gasteiger partial charge >= 0.3 is 5.97 Å².